The Balaban J connectivity index is 1.69. The van der Waals surface area contributed by atoms with Gasteiger partial charge in [-0.1, -0.05) is 31.4 Å². The molecular weight excluding hydrogens is 304 g/mol. The van der Waals surface area contributed by atoms with Gasteiger partial charge in [0.25, 0.3) is 0 Å². The number of carbonyl (C=O) groups excluding carboxylic acids is 1. The molecule has 1 aromatic carbocycles. The van der Waals surface area contributed by atoms with Crippen LogP contribution in [0.25, 0.3) is 0 Å². The lowest BCUT2D eigenvalue weighted by molar-refractivity contribution is -0.134. The quantitative estimate of drug-likeness (QED) is 0.866. The molecule has 1 unspecified atom stereocenters. The fourth-order valence-electron chi connectivity index (χ4n) is 3.84. The molecular formula is C19H28N2O3. The van der Waals surface area contributed by atoms with Crippen LogP contribution in [0.1, 0.15) is 37.7 Å². The molecule has 3 rings (SSSR count). The summed E-state index contributed by atoms with van der Waals surface area (Å²) in [5.74, 6) is 0.871. The third kappa shape index (κ3) is 3.90. The number of amides is 1. The van der Waals surface area contributed by atoms with Crippen molar-refractivity contribution in [1.82, 2.24) is 10.6 Å². The summed E-state index contributed by atoms with van der Waals surface area (Å²) in [6.45, 7) is 2.70. The lowest BCUT2D eigenvalue weighted by atomic mass is 9.69. The third-order valence-corrected chi connectivity index (χ3v) is 5.33. The summed E-state index contributed by atoms with van der Waals surface area (Å²) in [6.07, 6.45) is 5.57. The smallest absolute Gasteiger partial charge is 0.250 e. The van der Waals surface area contributed by atoms with Crippen molar-refractivity contribution < 1.29 is 14.3 Å². The Morgan fingerprint density at radius 2 is 2.04 bits per heavy atom. The highest BCUT2D eigenvalue weighted by molar-refractivity contribution is 5.81. The van der Waals surface area contributed by atoms with Crippen molar-refractivity contribution in [3.63, 3.8) is 0 Å². The number of hydrogen-bond donors (Lipinski definition) is 2. The van der Waals surface area contributed by atoms with Crippen molar-refractivity contribution in [3.8, 4) is 5.75 Å². The number of ether oxygens (including phenoxy) is 2. The van der Waals surface area contributed by atoms with Crippen LogP contribution in [0.4, 0.5) is 0 Å². The maximum absolute atomic E-state index is 12.4. The van der Waals surface area contributed by atoms with Gasteiger partial charge in [-0.05, 0) is 30.5 Å². The number of carbonyl (C=O) groups is 1. The largest absolute Gasteiger partial charge is 0.497 e. The van der Waals surface area contributed by atoms with Crippen molar-refractivity contribution in [3.05, 3.63) is 29.8 Å². The monoisotopic (exact) mass is 332 g/mol. The lowest BCUT2D eigenvalue weighted by Crippen LogP contribution is -2.51. The lowest BCUT2D eigenvalue weighted by Gasteiger charge is -2.38. The second kappa shape index (κ2) is 7.99. The summed E-state index contributed by atoms with van der Waals surface area (Å²) >= 11 is 0. The fourth-order valence-corrected chi connectivity index (χ4v) is 3.84. The number of rotatable bonds is 5. The molecule has 1 aromatic rings. The van der Waals surface area contributed by atoms with E-state index in [9.17, 15) is 4.79 Å². The van der Waals surface area contributed by atoms with E-state index >= 15 is 0 Å². The van der Waals surface area contributed by atoms with Gasteiger partial charge in [-0.15, -0.1) is 0 Å². The summed E-state index contributed by atoms with van der Waals surface area (Å²) in [4.78, 5) is 12.4. The van der Waals surface area contributed by atoms with Crippen LogP contribution in [-0.4, -0.2) is 45.4 Å². The average molecular weight is 332 g/mol. The van der Waals surface area contributed by atoms with E-state index in [0.29, 0.717) is 19.7 Å². The Morgan fingerprint density at radius 3 is 2.67 bits per heavy atom. The number of hydrogen-bond acceptors (Lipinski definition) is 4. The van der Waals surface area contributed by atoms with Gasteiger partial charge in [0.1, 0.15) is 11.9 Å². The molecule has 132 valence electrons. The number of benzene rings is 1. The maximum atomic E-state index is 12.4. The second-order valence-electron chi connectivity index (χ2n) is 6.85. The first kappa shape index (κ1) is 17.2. The highest BCUT2D eigenvalue weighted by Gasteiger charge is 2.35. The minimum absolute atomic E-state index is 0.000611. The van der Waals surface area contributed by atoms with Gasteiger partial charge < -0.3 is 20.1 Å². The summed E-state index contributed by atoms with van der Waals surface area (Å²) in [5, 5.41) is 6.36. The molecule has 1 saturated heterocycles. The molecule has 1 saturated carbocycles. The highest BCUT2D eigenvalue weighted by atomic mass is 16.5. The zero-order chi connectivity index (χ0) is 16.8. The molecule has 2 aliphatic rings. The van der Waals surface area contributed by atoms with Crippen molar-refractivity contribution in [1.29, 1.82) is 0 Å². The van der Waals surface area contributed by atoms with Gasteiger partial charge in [0, 0.05) is 25.0 Å². The van der Waals surface area contributed by atoms with Crippen LogP contribution in [0.3, 0.4) is 0 Å². The van der Waals surface area contributed by atoms with Gasteiger partial charge in [0.15, 0.2) is 0 Å². The number of nitrogens with one attached hydrogen (secondary N) is 2. The molecule has 24 heavy (non-hydrogen) atoms. The highest BCUT2D eigenvalue weighted by Crippen LogP contribution is 2.39. The summed E-state index contributed by atoms with van der Waals surface area (Å²) in [6, 6.07) is 8.33. The van der Waals surface area contributed by atoms with Crippen LogP contribution < -0.4 is 15.4 Å². The van der Waals surface area contributed by atoms with Gasteiger partial charge in [-0.2, -0.15) is 0 Å². The predicted octanol–water partition coefficient (Wildman–Crippen LogP) is 2.00. The van der Waals surface area contributed by atoms with Crippen molar-refractivity contribution >= 4 is 5.91 Å². The molecule has 0 aromatic heterocycles. The molecule has 0 radical (unpaired) electrons. The molecule has 1 atom stereocenters. The first-order valence-corrected chi connectivity index (χ1v) is 8.98. The standard InChI is InChI=1S/C19H28N2O3/c1-23-16-7-5-15(6-8-16)19(9-3-2-4-10-19)14-21-18(22)17-13-20-11-12-24-17/h5-8,17,20H,2-4,9-14H2,1H3,(H,21,22). The molecule has 1 aliphatic heterocycles. The van der Waals surface area contributed by atoms with E-state index in [-0.39, 0.29) is 17.4 Å². The molecule has 2 fully saturated rings. The van der Waals surface area contributed by atoms with Gasteiger partial charge in [0.05, 0.1) is 13.7 Å². The van der Waals surface area contributed by atoms with Crippen molar-refractivity contribution in [2.75, 3.05) is 33.4 Å². The molecule has 1 heterocycles. The Morgan fingerprint density at radius 1 is 1.29 bits per heavy atom. The van der Waals surface area contributed by atoms with E-state index in [2.05, 4.69) is 22.8 Å². The van der Waals surface area contributed by atoms with E-state index in [1.807, 2.05) is 12.1 Å². The minimum atomic E-state index is -0.366. The molecule has 5 nitrogen and oxygen atoms in total. The summed E-state index contributed by atoms with van der Waals surface area (Å²) in [5.41, 5.74) is 1.33. The van der Waals surface area contributed by atoms with Crippen LogP contribution in [0.5, 0.6) is 5.75 Å². The summed E-state index contributed by atoms with van der Waals surface area (Å²) < 4.78 is 10.8. The maximum Gasteiger partial charge on any atom is 0.250 e. The zero-order valence-electron chi connectivity index (χ0n) is 14.5. The van der Waals surface area contributed by atoms with E-state index in [0.717, 1.165) is 25.1 Å². The topological polar surface area (TPSA) is 59.6 Å². The van der Waals surface area contributed by atoms with Crippen LogP contribution >= 0.6 is 0 Å². The molecule has 1 aliphatic carbocycles. The first-order chi connectivity index (χ1) is 11.7. The zero-order valence-corrected chi connectivity index (χ0v) is 14.5. The van der Waals surface area contributed by atoms with Gasteiger partial charge in [0.2, 0.25) is 5.91 Å². The Hall–Kier alpha value is -1.59. The average Bonchev–Trinajstić information content (AvgIpc) is 2.67. The van der Waals surface area contributed by atoms with Crippen LogP contribution in [0, 0.1) is 0 Å². The van der Waals surface area contributed by atoms with E-state index in [1.165, 1.54) is 24.8 Å². The number of methoxy groups -OCH3 is 1. The Labute approximate surface area is 144 Å². The fraction of sp³-hybridized carbons (Fsp3) is 0.632. The predicted molar refractivity (Wildman–Crippen MR) is 93.4 cm³/mol. The molecule has 2 N–H and O–H groups in total. The number of morpholine rings is 1. The molecule has 0 bridgehead atoms. The first-order valence-electron chi connectivity index (χ1n) is 8.98. The van der Waals surface area contributed by atoms with Crippen molar-refractivity contribution in [2.24, 2.45) is 0 Å². The SMILES string of the molecule is COc1ccc(C2(CNC(=O)C3CNCCO3)CCCCC2)cc1. The second-order valence-corrected chi connectivity index (χ2v) is 6.85. The van der Waals surface area contributed by atoms with Gasteiger partial charge in [-0.3, -0.25) is 4.79 Å². The van der Waals surface area contributed by atoms with Crippen LogP contribution in [0.15, 0.2) is 24.3 Å². The van der Waals surface area contributed by atoms with E-state index < -0.39 is 0 Å². The minimum Gasteiger partial charge on any atom is -0.497 e. The van der Waals surface area contributed by atoms with Gasteiger partial charge >= 0.3 is 0 Å². The van der Waals surface area contributed by atoms with E-state index in [4.69, 9.17) is 9.47 Å². The molecule has 5 heteroatoms. The van der Waals surface area contributed by atoms with Crippen LogP contribution in [-0.2, 0) is 14.9 Å². The van der Waals surface area contributed by atoms with Gasteiger partial charge in [-0.25, -0.2) is 0 Å². The molecule has 1 amide bonds. The molecule has 0 spiro atoms. The normalized spacial score (nSPS) is 23.5. The summed E-state index contributed by atoms with van der Waals surface area (Å²) in [7, 11) is 1.68. The third-order valence-electron chi connectivity index (χ3n) is 5.33. The van der Waals surface area contributed by atoms with E-state index in [1.54, 1.807) is 7.11 Å². The van der Waals surface area contributed by atoms with Crippen LogP contribution in [0.2, 0.25) is 0 Å². The Kier molecular flexibility index (Phi) is 5.74. The Bertz CT molecular complexity index is 532. The van der Waals surface area contributed by atoms with Crippen molar-refractivity contribution in [2.45, 2.75) is 43.6 Å².